The first-order chi connectivity index (χ1) is 12.7. The normalized spacial score (nSPS) is 8.08. The van der Waals surface area contributed by atoms with Gasteiger partial charge in [0, 0.05) is 0 Å². The minimum Gasteiger partial charge on any atom is -0.319 e. The van der Waals surface area contributed by atoms with Crippen LogP contribution in [0.1, 0.15) is 45.4 Å². The Morgan fingerprint density at radius 3 is 1.69 bits per heavy atom. The van der Waals surface area contributed by atoms with Crippen molar-refractivity contribution in [2.75, 3.05) is 0 Å². The summed E-state index contributed by atoms with van der Waals surface area (Å²) < 4.78 is 15.9. The van der Waals surface area contributed by atoms with Crippen molar-refractivity contribution in [1.29, 1.82) is 0 Å². The Labute approximate surface area is 184 Å². The van der Waals surface area contributed by atoms with Gasteiger partial charge >= 0.3 is 39.1 Å². The Morgan fingerprint density at radius 2 is 1.38 bits per heavy atom. The van der Waals surface area contributed by atoms with E-state index >= 15 is 0 Å². The van der Waals surface area contributed by atoms with E-state index in [0.29, 0.717) is 10.0 Å². The van der Waals surface area contributed by atoms with Crippen molar-refractivity contribution in [3.63, 3.8) is 0 Å². The predicted octanol–water partition coefficient (Wildman–Crippen LogP) is 7.02. The Balaban J connectivity index is -0.000000280. The molecule has 0 bridgehead atoms. The average molecular weight is 485 g/mol. The molecular weight excluding hydrogens is 461 g/mol. The molecule has 0 aliphatic carbocycles. The first-order valence-corrected chi connectivity index (χ1v) is 9.53. The summed E-state index contributed by atoms with van der Waals surface area (Å²) in [6.45, 7) is 6.02. The van der Waals surface area contributed by atoms with Crippen LogP contribution >= 0.6 is 23.2 Å². The minimum atomic E-state index is 0.481. The SMILES string of the molecule is Clc1[c-]cccc1Cl.[CH2-]CCCCCCC.[O]=[Co].[O]=[Co].[c-]1cc[c-]cc1. The van der Waals surface area contributed by atoms with Crippen molar-refractivity contribution >= 4 is 23.2 Å². The molecule has 0 aromatic heterocycles. The van der Waals surface area contributed by atoms with E-state index in [0.717, 1.165) is 6.42 Å². The number of halogens is 2. The summed E-state index contributed by atoms with van der Waals surface area (Å²) in [6, 6.07) is 21.0. The summed E-state index contributed by atoms with van der Waals surface area (Å²) in [5.41, 5.74) is 0. The minimum absolute atomic E-state index is 0.481. The summed E-state index contributed by atoms with van der Waals surface area (Å²) in [5, 5.41) is 1.03. The van der Waals surface area contributed by atoms with Gasteiger partial charge in [0.15, 0.2) is 0 Å². The maximum atomic E-state index is 7.94. The molecule has 2 aromatic carbocycles. The van der Waals surface area contributed by atoms with Crippen LogP contribution in [0.15, 0.2) is 42.5 Å². The largest absolute Gasteiger partial charge is 0.319 e. The van der Waals surface area contributed by atoms with Crippen molar-refractivity contribution in [1.82, 2.24) is 0 Å². The molecule has 6 heteroatoms. The first kappa shape index (κ1) is 30.4. The summed E-state index contributed by atoms with van der Waals surface area (Å²) in [7, 11) is 0. The molecule has 0 atom stereocenters. The quantitative estimate of drug-likeness (QED) is 0.337. The second-order valence-corrected chi connectivity index (χ2v) is 5.38. The molecule has 0 heterocycles. The second kappa shape index (κ2) is 29.4. The van der Waals surface area contributed by atoms with Gasteiger partial charge in [-0.2, -0.15) is 42.3 Å². The van der Waals surface area contributed by atoms with Crippen LogP contribution in [0.2, 0.25) is 10.0 Å². The van der Waals surface area contributed by atoms with Gasteiger partial charge in [-0.3, -0.25) is 24.3 Å². The molecule has 0 amide bonds. The molecule has 0 unspecified atom stereocenters. The third-order valence-electron chi connectivity index (χ3n) is 2.66. The molecule has 2 rings (SSSR count). The molecule has 0 aliphatic heterocycles. The van der Waals surface area contributed by atoms with E-state index in [-0.39, 0.29) is 0 Å². The zero-order chi connectivity index (χ0) is 20.5. The van der Waals surface area contributed by atoms with Crippen molar-refractivity contribution in [2.45, 2.75) is 45.4 Å². The van der Waals surface area contributed by atoms with Gasteiger partial charge in [0.1, 0.15) is 0 Å². The molecule has 0 radical (unpaired) electrons. The topological polar surface area (TPSA) is 34.1 Å². The van der Waals surface area contributed by atoms with Crippen LogP contribution in [0.5, 0.6) is 0 Å². The number of hydrogen-bond donors (Lipinski definition) is 0. The van der Waals surface area contributed by atoms with E-state index in [1.54, 1.807) is 18.2 Å². The second-order valence-electron chi connectivity index (χ2n) is 4.60. The van der Waals surface area contributed by atoms with E-state index in [9.17, 15) is 0 Å². The van der Waals surface area contributed by atoms with Crippen molar-refractivity contribution in [3.05, 3.63) is 77.6 Å². The third-order valence-corrected chi connectivity index (χ3v) is 3.39. The Hall–Kier alpha value is -0.367. The monoisotopic (exact) mass is 484 g/mol. The van der Waals surface area contributed by atoms with Crippen molar-refractivity contribution < 1.29 is 39.1 Å². The van der Waals surface area contributed by atoms with Gasteiger partial charge in [-0.1, -0.05) is 49.1 Å². The molecule has 0 aliphatic rings. The number of hydrogen-bond acceptors (Lipinski definition) is 2. The fraction of sp³-hybridized carbons (Fsp3) is 0.350. The van der Waals surface area contributed by atoms with Gasteiger partial charge in [0.05, 0.1) is 0 Å². The fourth-order valence-corrected chi connectivity index (χ4v) is 1.73. The zero-order valence-corrected chi connectivity index (χ0v) is 18.3. The summed E-state index contributed by atoms with van der Waals surface area (Å²) in [4.78, 5) is 0. The van der Waals surface area contributed by atoms with Gasteiger partial charge in [-0.25, -0.2) is 0 Å². The Kier molecular flexibility index (Phi) is 34.3. The maximum absolute atomic E-state index is 7.94. The van der Waals surface area contributed by atoms with Crippen LogP contribution in [0.3, 0.4) is 0 Å². The third kappa shape index (κ3) is 25.9. The van der Waals surface area contributed by atoms with Crippen LogP contribution in [-0.4, -0.2) is 0 Å². The summed E-state index contributed by atoms with van der Waals surface area (Å²) >= 11 is 15.7. The first-order valence-electron chi connectivity index (χ1n) is 7.92. The number of benzene rings is 2. The Bertz CT molecular complexity index is 433. The van der Waals surface area contributed by atoms with Gasteiger partial charge in [0.2, 0.25) is 0 Å². The molecule has 0 fully saturated rings. The van der Waals surface area contributed by atoms with Gasteiger partial charge in [-0.05, 0) is 0 Å². The molecule has 2 nitrogen and oxygen atoms in total. The molecule has 0 N–H and O–H groups in total. The summed E-state index contributed by atoms with van der Waals surface area (Å²) in [5.74, 6) is 0. The van der Waals surface area contributed by atoms with Crippen molar-refractivity contribution in [3.8, 4) is 0 Å². The Morgan fingerprint density at radius 1 is 0.885 bits per heavy atom. The molecular formula is C20H24Cl2Co2O2-4. The van der Waals surface area contributed by atoms with E-state index in [1.165, 1.54) is 32.1 Å². The smallest absolute Gasteiger partial charge is 0.288 e. The van der Waals surface area contributed by atoms with Gasteiger partial charge in [0.25, 0.3) is 0 Å². The molecule has 0 saturated carbocycles. The zero-order valence-electron chi connectivity index (χ0n) is 14.7. The summed E-state index contributed by atoms with van der Waals surface area (Å²) in [6.07, 6.45) is 7.98. The van der Waals surface area contributed by atoms with E-state index < -0.39 is 0 Å². The molecule has 152 valence electrons. The van der Waals surface area contributed by atoms with E-state index in [2.05, 4.69) is 63.4 Å². The maximum Gasteiger partial charge on any atom is -0.288 e. The fourth-order valence-electron chi connectivity index (χ4n) is 1.48. The van der Waals surface area contributed by atoms with Crippen LogP contribution < -0.4 is 0 Å². The van der Waals surface area contributed by atoms with Gasteiger partial charge in [-0.15, -0.1) is 11.6 Å². The molecule has 0 saturated heterocycles. The van der Waals surface area contributed by atoms with Crippen LogP contribution in [-0.2, 0) is 39.1 Å². The van der Waals surface area contributed by atoms with Gasteiger partial charge < -0.3 is 19.1 Å². The standard InChI is InChI=1S/C8H17.C6H3Cl2.C6H4.2Co.2O/c1-3-5-7-8-6-4-2;7-5-3-1-2-4-6(5)8;1-2-4-6-5-3-1;;;;/h1,3-8H2,2H3;1-3H;1-2,5-6H;;;;/q2*-1;-2;;;;. The van der Waals surface area contributed by atoms with Crippen LogP contribution in [0, 0.1) is 25.1 Å². The van der Waals surface area contributed by atoms with Crippen molar-refractivity contribution in [2.24, 2.45) is 0 Å². The molecule has 0 spiro atoms. The average Bonchev–Trinajstić information content (AvgIpc) is 2.73. The van der Waals surface area contributed by atoms with E-state index in [1.807, 2.05) is 24.3 Å². The predicted molar refractivity (Wildman–Crippen MR) is 99.5 cm³/mol. The van der Waals surface area contributed by atoms with E-state index in [4.69, 9.17) is 30.9 Å². The molecule has 26 heavy (non-hydrogen) atoms. The number of unbranched alkanes of at least 4 members (excludes halogenated alkanes) is 5. The number of rotatable bonds is 5. The van der Waals surface area contributed by atoms with Crippen LogP contribution in [0.25, 0.3) is 0 Å². The molecule has 2 aromatic rings. The van der Waals surface area contributed by atoms with Crippen LogP contribution in [0.4, 0.5) is 0 Å².